The predicted molar refractivity (Wildman–Crippen MR) is 150 cm³/mol. The molecule has 0 bridgehead atoms. The van der Waals surface area contributed by atoms with Crippen LogP contribution in [0.1, 0.15) is 49.9 Å². The third-order valence-corrected chi connectivity index (χ3v) is 8.80. The Hall–Kier alpha value is -2.76. The summed E-state index contributed by atoms with van der Waals surface area (Å²) in [4.78, 5) is 12.0. The van der Waals surface area contributed by atoms with Gasteiger partial charge in [-0.3, -0.25) is 0 Å². The Morgan fingerprint density at radius 3 is 2.76 bits per heavy atom. The SMILES string of the molecule is CN1CC(CCNc2nc(C3(F)C=CC(c4ccccc4)=CC3)nc3cc(Cl)ccc23)C2CCCCC21. The summed E-state index contributed by atoms with van der Waals surface area (Å²) in [5, 5.41) is 5.01. The third-order valence-electron chi connectivity index (χ3n) is 8.57. The van der Waals surface area contributed by atoms with Crippen LogP contribution >= 0.6 is 11.6 Å². The molecule has 1 saturated carbocycles. The number of aromatic nitrogens is 2. The van der Waals surface area contributed by atoms with Crippen molar-refractivity contribution in [1.82, 2.24) is 14.9 Å². The van der Waals surface area contributed by atoms with E-state index in [-0.39, 0.29) is 12.2 Å². The summed E-state index contributed by atoms with van der Waals surface area (Å²) in [6, 6.07) is 16.4. The molecule has 1 saturated heterocycles. The van der Waals surface area contributed by atoms with Crippen molar-refractivity contribution >= 4 is 33.9 Å². The second kappa shape index (κ2) is 10.2. The van der Waals surface area contributed by atoms with Crippen molar-refractivity contribution in [3.8, 4) is 0 Å². The van der Waals surface area contributed by atoms with Gasteiger partial charge < -0.3 is 10.2 Å². The molecular formula is C31H34ClFN4. The summed E-state index contributed by atoms with van der Waals surface area (Å²) < 4.78 is 16.3. The van der Waals surface area contributed by atoms with Gasteiger partial charge in [-0.15, -0.1) is 0 Å². The van der Waals surface area contributed by atoms with E-state index in [2.05, 4.69) is 22.2 Å². The topological polar surface area (TPSA) is 41.0 Å². The number of hydrogen-bond acceptors (Lipinski definition) is 4. The Balaban J connectivity index is 1.23. The highest BCUT2D eigenvalue weighted by molar-refractivity contribution is 6.31. The first-order valence-electron chi connectivity index (χ1n) is 13.6. The van der Waals surface area contributed by atoms with Crippen molar-refractivity contribution < 1.29 is 4.39 Å². The molecule has 0 amide bonds. The molecule has 3 aliphatic rings. The lowest BCUT2D eigenvalue weighted by molar-refractivity contribution is 0.205. The van der Waals surface area contributed by atoms with E-state index in [0.717, 1.165) is 48.0 Å². The van der Waals surface area contributed by atoms with Gasteiger partial charge in [-0.05, 0) is 73.6 Å². The van der Waals surface area contributed by atoms with Crippen molar-refractivity contribution in [3.05, 3.63) is 83.2 Å². The average Bonchev–Trinajstić information content (AvgIpc) is 3.24. The van der Waals surface area contributed by atoms with Crippen molar-refractivity contribution in [1.29, 1.82) is 0 Å². The largest absolute Gasteiger partial charge is 0.369 e. The number of alkyl halides is 1. The van der Waals surface area contributed by atoms with Crippen molar-refractivity contribution in [2.45, 2.75) is 50.2 Å². The first kappa shape index (κ1) is 24.6. The maximum atomic E-state index is 16.3. The van der Waals surface area contributed by atoms with Crippen molar-refractivity contribution in [2.75, 3.05) is 25.5 Å². The van der Waals surface area contributed by atoms with Gasteiger partial charge in [0.1, 0.15) is 5.82 Å². The molecule has 1 N–H and O–H groups in total. The molecule has 2 aromatic carbocycles. The van der Waals surface area contributed by atoms with E-state index >= 15 is 4.39 Å². The van der Waals surface area contributed by atoms with Crippen LogP contribution in [0, 0.1) is 11.8 Å². The number of likely N-dealkylation sites (tertiary alicyclic amines) is 1. The Kier molecular flexibility index (Phi) is 6.76. The van der Waals surface area contributed by atoms with Gasteiger partial charge in [0.25, 0.3) is 0 Å². The summed E-state index contributed by atoms with van der Waals surface area (Å²) >= 11 is 6.30. The summed E-state index contributed by atoms with van der Waals surface area (Å²) in [5.74, 6) is 2.35. The average molecular weight is 517 g/mol. The van der Waals surface area contributed by atoms with E-state index in [1.165, 1.54) is 25.7 Å². The molecule has 4 nitrogen and oxygen atoms in total. The monoisotopic (exact) mass is 516 g/mol. The number of anilines is 1. The van der Waals surface area contributed by atoms with Gasteiger partial charge in [0.15, 0.2) is 11.5 Å². The summed E-state index contributed by atoms with van der Waals surface area (Å²) in [6.07, 6.45) is 12.0. The number of benzene rings is 2. The van der Waals surface area contributed by atoms with Gasteiger partial charge in [-0.1, -0.05) is 66.9 Å². The van der Waals surface area contributed by atoms with Crippen LogP contribution in [0.15, 0.2) is 66.8 Å². The molecule has 2 fully saturated rings. The molecular weight excluding hydrogens is 483 g/mol. The first-order chi connectivity index (χ1) is 18.0. The zero-order chi connectivity index (χ0) is 25.4. The second-order valence-electron chi connectivity index (χ2n) is 10.9. The van der Waals surface area contributed by atoms with Crippen LogP contribution in [0.3, 0.4) is 0 Å². The van der Waals surface area contributed by atoms with E-state index in [1.54, 1.807) is 12.1 Å². The molecule has 37 heavy (non-hydrogen) atoms. The lowest BCUT2D eigenvalue weighted by atomic mass is 9.78. The van der Waals surface area contributed by atoms with Gasteiger partial charge in [0, 0.05) is 36.0 Å². The highest BCUT2D eigenvalue weighted by Gasteiger charge is 2.40. The Bertz CT molecular complexity index is 1340. The quantitative estimate of drug-likeness (QED) is 0.370. The molecule has 6 rings (SSSR count). The van der Waals surface area contributed by atoms with Gasteiger partial charge in [0.05, 0.1) is 5.52 Å². The van der Waals surface area contributed by atoms with Crippen LogP contribution < -0.4 is 5.32 Å². The zero-order valence-electron chi connectivity index (χ0n) is 21.3. The molecule has 0 spiro atoms. The molecule has 3 aromatic rings. The second-order valence-corrected chi connectivity index (χ2v) is 11.3. The maximum absolute atomic E-state index is 16.3. The summed E-state index contributed by atoms with van der Waals surface area (Å²) in [6.45, 7) is 1.97. The predicted octanol–water partition coefficient (Wildman–Crippen LogP) is 7.41. The van der Waals surface area contributed by atoms with E-state index in [9.17, 15) is 0 Å². The smallest absolute Gasteiger partial charge is 0.192 e. The zero-order valence-corrected chi connectivity index (χ0v) is 22.1. The minimum Gasteiger partial charge on any atom is -0.369 e. The molecule has 4 unspecified atom stereocenters. The van der Waals surface area contributed by atoms with E-state index in [1.807, 2.05) is 54.6 Å². The fourth-order valence-corrected chi connectivity index (χ4v) is 6.78. The Morgan fingerprint density at radius 1 is 1.11 bits per heavy atom. The van der Waals surface area contributed by atoms with Gasteiger partial charge in [-0.2, -0.15) is 0 Å². The number of nitrogens with zero attached hydrogens (tertiary/aromatic N) is 3. The molecule has 2 aliphatic carbocycles. The molecule has 4 atom stereocenters. The van der Waals surface area contributed by atoms with Crippen LogP contribution in [-0.4, -0.2) is 41.0 Å². The summed E-state index contributed by atoms with van der Waals surface area (Å²) in [5.41, 5.74) is 0.983. The van der Waals surface area contributed by atoms with E-state index in [4.69, 9.17) is 16.6 Å². The lowest BCUT2D eigenvalue weighted by Crippen LogP contribution is -2.32. The summed E-state index contributed by atoms with van der Waals surface area (Å²) in [7, 11) is 2.28. The highest BCUT2D eigenvalue weighted by atomic mass is 35.5. The number of fused-ring (bicyclic) bond motifs is 2. The first-order valence-corrected chi connectivity index (χ1v) is 13.9. The molecule has 1 aromatic heterocycles. The fraction of sp³-hybridized carbons (Fsp3) is 0.419. The van der Waals surface area contributed by atoms with Crippen LogP contribution in [0.5, 0.6) is 0 Å². The number of nitrogens with one attached hydrogen (secondary N) is 1. The molecule has 192 valence electrons. The molecule has 1 aliphatic heterocycles. The minimum absolute atomic E-state index is 0.178. The van der Waals surface area contributed by atoms with Crippen molar-refractivity contribution in [2.24, 2.45) is 11.8 Å². The number of hydrogen-bond donors (Lipinski definition) is 1. The highest BCUT2D eigenvalue weighted by Crippen LogP contribution is 2.41. The van der Waals surface area contributed by atoms with Crippen LogP contribution in [0.2, 0.25) is 5.02 Å². The van der Waals surface area contributed by atoms with Gasteiger partial charge in [-0.25, -0.2) is 14.4 Å². The fourth-order valence-electron chi connectivity index (χ4n) is 6.61. The van der Waals surface area contributed by atoms with Crippen LogP contribution in [0.25, 0.3) is 16.5 Å². The van der Waals surface area contributed by atoms with E-state index < -0.39 is 5.67 Å². The van der Waals surface area contributed by atoms with E-state index in [0.29, 0.717) is 22.3 Å². The minimum atomic E-state index is -1.77. The Labute approximate surface area is 223 Å². The van der Waals surface area contributed by atoms with Gasteiger partial charge in [0.2, 0.25) is 0 Å². The normalized spacial score (nSPS) is 27.8. The third kappa shape index (κ3) is 4.92. The van der Waals surface area contributed by atoms with Gasteiger partial charge >= 0.3 is 0 Å². The Morgan fingerprint density at radius 2 is 1.95 bits per heavy atom. The number of rotatable bonds is 6. The number of halogens is 2. The molecule has 0 radical (unpaired) electrons. The maximum Gasteiger partial charge on any atom is 0.192 e. The van der Waals surface area contributed by atoms with Crippen molar-refractivity contribution in [3.63, 3.8) is 0 Å². The standard InChI is InChI=1S/C31H34ClFN4/c1-37-20-23(25-9-5-6-10-28(25)37)15-18-34-29-26-12-11-24(32)19-27(26)35-30(36-29)31(33)16-13-22(14-17-31)21-7-3-2-4-8-21/h2-4,7-8,11-14,16,19,23,25,28H,5-6,9-10,15,17-18,20H2,1H3,(H,34,35,36). The molecule has 6 heteroatoms. The van der Waals surface area contributed by atoms with Crippen LogP contribution in [-0.2, 0) is 5.67 Å². The lowest BCUT2D eigenvalue weighted by Gasteiger charge is -2.31. The van der Waals surface area contributed by atoms with Crippen LogP contribution in [0.4, 0.5) is 10.2 Å². The number of allylic oxidation sites excluding steroid dienone is 4. The molecule has 2 heterocycles.